The fourth-order valence-electron chi connectivity index (χ4n) is 7.25. The third-order valence-corrected chi connectivity index (χ3v) is 9.97. The topological polar surface area (TPSA) is 104 Å². The first-order valence-electron chi connectivity index (χ1n) is 18.7. The van der Waals surface area contributed by atoms with E-state index in [0.29, 0.717) is 0 Å². The van der Waals surface area contributed by atoms with E-state index in [1.54, 1.807) is 0 Å². The summed E-state index contributed by atoms with van der Waals surface area (Å²) in [6, 6.07) is 21.2. The second-order valence-electron chi connectivity index (χ2n) is 14.3. The van der Waals surface area contributed by atoms with Crippen LogP contribution in [0.1, 0.15) is 69.8 Å². The minimum atomic E-state index is 0.756. The number of rotatable bonds is 6. The Kier molecular flexibility index (Phi) is 11.3. The molecule has 1 aliphatic heterocycles. The van der Waals surface area contributed by atoms with E-state index < -0.39 is 0 Å². The number of fused-ring (bicyclic) bond motifs is 8. The third-order valence-electron chi connectivity index (χ3n) is 9.97. The molecule has 7 heterocycles. The number of nitrogens with zero attached hydrogens (tertiary/aromatic N) is 12. The van der Waals surface area contributed by atoms with Gasteiger partial charge in [-0.2, -0.15) is 20.4 Å². The smallest absolute Gasteiger partial charge is 0.0767 e. The zero-order valence-electron chi connectivity index (χ0n) is 31.2. The Bertz CT molecular complexity index is 1770. The van der Waals surface area contributed by atoms with Gasteiger partial charge < -0.3 is 0 Å². The van der Waals surface area contributed by atoms with E-state index in [-0.39, 0.29) is 0 Å². The maximum atomic E-state index is 5.08. The van der Waals surface area contributed by atoms with E-state index in [0.717, 1.165) is 125 Å². The Morgan fingerprint density at radius 2 is 0.788 bits per heavy atom. The lowest BCUT2D eigenvalue weighted by Gasteiger charge is -2.20. The summed E-state index contributed by atoms with van der Waals surface area (Å²) in [5.41, 5.74) is 11.3. The summed E-state index contributed by atoms with van der Waals surface area (Å²) in [5, 5.41) is 20.3. The van der Waals surface area contributed by atoms with Crippen LogP contribution in [0, 0.1) is 27.7 Å². The van der Waals surface area contributed by atoms with Crippen molar-refractivity contribution in [3.8, 4) is 0 Å². The van der Waals surface area contributed by atoms with Gasteiger partial charge in [0.2, 0.25) is 0 Å². The maximum Gasteiger partial charge on any atom is 0.0767 e. The van der Waals surface area contributed by atoms with Gasteiger partial charge in [-0.1, -0.05) is 12.1 Å². The molecule has 1 aliphatic rings. The molecule has 12 heteroatoms. The molecule has 0 fully saturated rings. The van der Waals surface area contributed by atoms with Gasteiger partial charge in [0.1, 0.15) is 0 Å². The molecule has 0 N–H and O–H groups in total. The van der Waals surface area contributed by atoms with Crippen LogP contribution in [-0.4, -0.2) is 72.0 Å². The highest BCUT2D eigenvalue weighted by molar-refractivity contribution is 5.14. The quantitative estimate of drug-likeness (QED) is 0.225. The van der Waals surface area contributed by atoms with E-state index in [1.807, 2.05) is 24.5 Å². The Balaban J connectivity index is 1.12. The van der Waals surface area contributed by atoms with Gasteiger partial charge in [-0.25, -0.2) is 0 Å². The highest BCUT2D eigenvalue weighted by atomic mass is 15.3. The molecule has 8 bridgehead atoms. The maximum absolute atomic E-state index is 5.08. The predicted molar refractivity (Wildman–Crippen MR) is 201 cm³/mol. The largest absolute Gasteiger partial charge is 0.291 e. The lowest BCUT2D eigenvalue weighted by Crippen LogP contribution is -2.26. The molecule has 0 aromatic carbocycles. The van der Waals surface area contributed by atoms with Crippen molar-refractivity contribution in [3.63, 3.8) is 0 Å². The van der Waals surface area contributed by atoms with Crippen LogP contribution in [0.15, 0.2) is 73.1 Å². The summed E-state index contributed by atoms with van der Waals surface area (Å²) < 4.78 is 8.63. The SMILES string of the molecule is Cc1cc2nn1CCCn1nc(cc1C)CN(CCc1ccccn1)Cc1cc(C)n(n1)CCCn1nc(cc1C)CN(CCc1ccccn1)C2. The normalized spacial score (nSPS) is 15.5. The van der Waals surface area contributed by atoms with Crippen molar-refractivity contribution < 1.29 is 0 Å². The molecule has 0 amide bonds. The van der Waals surface area contributed by atoms with Gasteiger partial charge in [0.15, 0.2) is 0 Å². The van der Waals surface area contributed by atoms with E-state index in [2.05, 4.69) is 115 Å². The summed E-state index contributed by atoms with van der Waals surface area (Å²) in [5.74, 6) is 0. The second kappa shape index (κ2) is 16.6. The van der Waals surface area contributed by atoms with Gasteiger partial charge in [-0.15, -0.1) is 0 Å². The molecule has 272 valence electrons. The Labute approximate surface area is 307 Å². The van der Waals surface area contributed by atoms with Crippen LogP contribution < -0.4 is 0 Å². The summed E-state index contributed by atoms with van der Waals surface area (Å²) in [4.78, 5) is 14.1. The van der Waals surface area contributed by atoms with Crippen LogP contribution >= 0.6 is 0 Å². The van der Waals surface area contributed by atoms with E-state index in [1.165, 1.54) is 22.8 Å². The first-order chi connectivity index (χ1) is 25.3. The summed E-state index contributed by atoms with van der Waals surface area (Å²) in [6.45, 7) is 16.8. The van der Waals surface area contributed by atoms with E-state index in [9.17, 15) is 0 Å². The van der Waals surface area contributed by atoms with Crippen LogP contribution in [0.2, 0.25) is 0 Å². The molecule has 0 unspecified atom stereocenters. The van der Waals surface area contributed by atoms with Crippen molar-refractivity contribution in [1.29, 1.82) is 0 Å². The number of aromatic nitrogens is 10. The van der Waals surface area contributed by atoms with Crippen molar-refractivity contribution >= 4 is 0 Å². The lowest BCUT2D eigenvalue weighted by atomic mass is 10.2. The molecular formula is C40H52N12. The molecule has 0 saturated heterocycles. The van der Waals surface area contributed by atoms with Crippen LogP contribution in [0.5, 0.6) is 0 Å². The number of pyridine rings is 2. The summed E-state index contributed by atoms with van der Waals surface area (Å²) in [6.07, 6.45) is 7.39. The van der Waals surface area contributed by atoms with Crippen LogP contribution in [-0.2, 0) is 65.2 Å². The molecular weight excluding hydrogens is 649 g/mol. The predicted octanol–water partition coefficient (Wildman–Crippen LogP) is 5.48. The zero-order chi connectivity index (χ0) is 35.9. The fraction of sp³-hybridized carbons (Fsp3) is 0.450. The number of hydrogen-bond donors (Lipinski definition) is 0. The standard InChI is InChI=1S/C40H52N12/c1-31-23-37-27-47(21-13-35-11-5-7-15-41-35)28-38-25-33(3)51(45-38)19-10-20-52-34(4)26-40(46-52)30-48(22-14-36-12-6-8-16-42-36)29-39-24-32(2)50(44-39)18-9-17-49(31)43-37/h5-8,11-12,15-16,23-26H,9-10,13-14,17-22,27-30H2,1-4H3. The summed E-state index contributed by atoms with van der Waals surface area (Å²) >= 11 is 0. The minimum Gasteiger partial charge on any atom is -0.291 e. The number of hydrogen-bond acceptors (Lipinski definition) is 8. The van der Waals surface area contributed by atoms with Gasteiger partial charge in [-0.05, 0) is 89.1 Å². The highest BCUT2D eigenvalue weighted by Crippen LogP contribution is 2.17. The third kappa shape index (κ3) is 9.29. The molecule has 0 spiro atoms. The Morgan fingerprint density at radius 3 is 1.08 bits per heavy atom. The second-order valence-corrected chi connectivity index (χ2v) is 14.3. The fourth-order valence-corrected chi connectivity index (χ4v) is 7.25. The van der Waals surface area contributed by atoms with Crippen molar-refractivity contribution in [3.05, 3.63) is 130 Å². The van der Waals surface area contributed by atoms with Crippen LogP contribution in [0.3, 0.4) is 0 Å². The average Bonchev–Trinajstić information content (AvgIpc) is 3.88. The molecule has 52 heavy (non-hydrogen) atoms. The van der Waals surface area contributed by atoms with Crippen LogP contribution in [0.25, 0.3) is 0 Å². The Hall–Kier alpha value is -4.94. The molecule has 0 radical (unpaired) electrons. The molecule has 6 aromatic rings. The summed E-state index contributed by atoms with van der Waals surface area (Å²) in [7, 11) is 0. The van der Waals surface area contributed by atoms with Crippen molar-refractivity contribution in [2.45, 2.75) is 106 Å². The first-order valence-corrected chi connectivity index (χ1v) is 18.7. The molecule has 12 nitrogen and oxygen atoms in total. The molecule has 0 aliphatic carbocycles. The number of aryl methyl sites for hydroxylation is 8. The molecule has 0 saturated carbocycles. The van der Waals surface area contributed by atoms with Gasteiger partial charge in [-0.3, -0.25) is 38.5 Å². The van der Waals surface area contributed by atoms with Crippen molar-refractivity contribution in [2.75, 3.05) is 13.1 Å². The molecule has 6 aromatic heterocycles. The van der Waals surface area contributed by atoms with Gasteiger partial charge in [0, 0.05) is 125 Å². The molecule has 0 atom stereocenters. The minimum absolute atomic E-state index is 0.756. The van der Waals surface area contributed by atoms with Gasteiger partial charge in [0.25, 0.3) is 0 Å². The average molecular weight is 701 g/mol. The Morgan fingerprint density at radius 1 is 0.462 bits per heavy atom. The highest BCUT2D eigenvalue weighted by Gasteiger charge is 2.17. The monoisotopic (exact) mass is 700 g/mol. The van der Waals surface area contributed by atoms with E-state index >= 15 is 0 Å². The first kappa shape index (κ1) is 35.5. The van der Waals surface area contributed by atoms with Gasteiger partial charge in [0.05, 0.1) is 22.8 Å². The van der Waals surface area contributed by atoms with Crippen molar-refractivity contribution in [1.82, 2.24) is 58.9 Å². The van der Waals surface area contributed by atoms with Crippen molar-refractivity contribution in [2.24, 2.45) is 0 Å². The van der Waals surface area contributed by atoms with Crippen LogP contribution in [0.4, 0.5) is 0 Å². The zero-order valence-corrected chi connectivity index (χ0v) is 31.2. The van der Waals surface area contributed by atoms with Gasteiger partial charge >= 0.3 is 0 Å². The molecule has 7 rings (SSSR count). The van der Waals surface area contributed by atoms with E-state index in [4.69, 9.17) is 20.4 Å². The lowest BCUT2D eigenvalue weighted by molar-refractivity contribution is 0.250.